The summed E-state index contributed by atoms with van der Waals surface area (Å²) in [5.74, 6) is 1.29. The lowest BCUT2D eigenvalue weighted by Gasteiger charge is -2.16. The molecule has 1 unspecified atom stereocenters. The minimum atomic E-state index is -0.432. The number of hydrogen-bond donors (Lipinski definition) is 1. The fraction of sp³-hybridized carbons (Fsp3) is 0.200. The van der Waals surface area contributed by atoms with E-state index in [1.165, 1.54) is 11.3 Å². The van der Waals surface area contributed by atoms with Crippen LogP contribution < -0.4 is 19.7 Å². The third-order valence-corrected chi connectivity index (χ3v) is 6.95. The summed E-state index contributed by atoms with van der Waals surface area (Å²) in [6.45, 7) is 0.577. The lowest BCUT2D eigenvalue weighted by Crippen LogP contribution is -2.28. The molecule has 0 radical (unpaired) electrons. The molecule has 1 atom stereocenters. The Morgan fingerprint density at radius 3 is 2.77 bits per heavy atom. The van der Waals surface area contributed by atoms with Gasteiger partial charge in [-0.15, -0.1) is 11.3 Å². The number of aryl methyl sites for hydroxylation is 1. The van der Waals surface area contributed by atoms with E-state index in [9.17, 15) is 9.59 Å². The third-order valence-electron chi connectivity index (χ3n) is 6.09. The van der Waals surface area contributed by atoms with Gasteiger partial charge in [0.25, 0.3) is 0 Å². The predicted molar refractivity (Wildman–Crippen MR) is 131 cm³/mol. The van der Waals surface area contributed by atoms with E-state index in [0.29, 0.717) is 23.8 Å². The largest absolute Gasteiger partial charge is 0.454 e. The molecule has 1 fully saturated rings. The molecule has 1 saturated heterocycles. The molecule has 10 heteroatoms. The summed E-state index contributed by atoms with van der Waals surface area (Å²) < 4.78 is 12.4. The second-order valence-corrected chi connectivity index (χ2v) is 9.23. The number of benzene rings is 2. The maximum Gasteiger partial charge on any atom is 0.231 e. The van der Waals surface area contributed by atoms with Crippen molar-refractivity contribution < 1.29 is 19.1 Å². The zero-order valence-corrected chi connectivity index (χ0v) is 19.6. The van der Waals surface area contributed by atoms with Crippen LogP contribution in [0.5, 0.6) is 11.5 Å². The maximum atomic E-state index is 13.0. The Balaban J connectivity index is 1.16. The first-order valence-electron chi connectivity index (χ1n) is 11.1. The number of anilines is 2. The van der Waals surface area contributed by atoms with Crippen LogP contribution in [-0.4, -0.2) is 39.9 Å². The molecule has 2 aliphatic rings. The smallest absolute Gasteiger partial charge is 0.231 e. The molecule has 9 nitrogen and oxygen atoms in total. The Kier molecular flexibility index (Phi) is 5.22. The average molecular weight is 488 g/mol. The summed E-state index contributed by atoms with van der Waals surface area (Å²) in [4.78, 5) is 31.8. The molecule has 4 aromatic rings. The molecule has 2 aromatic heterocycles. The standard InChI is InChI=1S/C25H21N5O4S/c1-29-22(27-24(32)16-10-23(31)30(12-16)17-5-3-2-4-6-17)11-18(28-29)25-26-19(13-35-25)15-7-8-20-21(9-15)34-14-33-20/h2-9,11,13,16H,10,12,14H2,1H3,(H,27,32). The Bertz CT molecular complexity index is 1430. The van der Waals surface area contributed by atoms with Crippen molar-refractivity contribution >= 4 is 34.7 Å². The highest BCUT2D eigenvalue weighted by Gasteiger charge is 2.35. The Morgan fingerprint density at radius 1 is 1.09 bits per heavy atom. The summed E-state index contributed by atoms with van der Waals surface area (Å²) in [5.41, 5.74) is 3.20. The first kappa shape index (κ1) is 21.4. The zero-order valence-electron chi connectivity index (χ0n) is 18.8. The summed E-state index contributed by atoms with van der Waals surface area (Å²) >= 11 is 1.47. The van der Waals surface area contributed by atoms with Gasteiger partial charge in [0.15, 0.2) is 11.5 Å². The van der Waals surface area contributed by atoms with Gasteiger partial charge in [-0.3, -0.25) is 14.3 Å². The van der Waals surface area contributed by atoms with Crippen LogP contribution in [-0.2, 0) is 16.6 Å². The van der Waals surface area contributed by atoms with E-state index in [-0.39, 0.29) is 25.0 Å². The topological polar surface area (TPSA) is 98.6 Å². The van der Waals surface area contributed by atoms with Crippen molar-refractivity contribution in [3.05, 3.63) is 60.0 Å². The van der Waals surface area contributed by atoms with Crippen LogP contribution in [0.2, 0.25) is 0 Å². The fourth-order valence-electron chi connectivity index (χ4n) is 4.24. The molecule has 2 aliphatic heterocycles. The number of ether oxygens (including phenoxy) is 2. The molecule has 35 heavy (non-hydrogen) atoms. The predicted octanol–water partition coefficient (Wildman–Crippen LogP) is 3.93. The van der Waals surface area contributed by atoms with E-state index in [1.54, 1.807) is 22.7 Å². The minimum Gasteiger partial charge on any atom is -0.454 e. The van der Waals surface area contributed by atoms with E-state index in [4.69, 9.17) is 14.5 Å². The number of para-hydroxylation sites is 1. The van der Waals surface area contributed by atoms with E-state index in [1.807, 2.05) is 53.9 Å². The molecule has 2 aromatic carbocycles. The lowest BCUT2D eigenvalue weighted by atomic mass is 10.1. The first-order chi connectivity index (χ1) is 17.0. The molecule has 0 bridgehead atoms. The van der Waals surface area contributed by atoms with Gasteiger partial charge in [0.2, 0.25) is 18.6 Å². The molecular weight excluding hydrogens is 466 g/mol. The van der Waals surface area contributed by atoms with Gasteiger partial charge >= 0.3 is 0 Å². The number of amides is 2. The van der Waals surface area contributed by atoms with Crippen molar-refractivity contribution in [3.8, 4) is 33.5 Å². The van der Waals surface area contributed by atoms with Crippen LogP contribution in [0.4, 0.5) is 11.5 Å². The van der Waals surface area contributed by atoms with E-state index >= 15 is 0 Å². The van der Waals surface area contributed by atoms with Crippen LogP contribution in [0, 0.1) is 5.92 Å². The molecule has 6 rings (SSSR count). The van der Waals surface area contributed by atoms with E-state index in [2.05, 4.69) is 10.4 Å². The van der Waals surface area contributed by atoms with E-state index in [0.717, 1.165) is 27.7 Å². The van der Waals surface area contributed by atoms with Gasteiger partial charge in [-0.2, -0.15) is 5.10 Å². The van der Waals surface area contributed by atoms with Gasteiger partial charge in [0, 0.05) is 42.7 Å². The first-order valence-corrected chi connectivity index (χ1v) is 12.0. The highest BCUT2D eigenvalue weighted by atomic mass is 32.1. The Hall–Kier alpha value is -4.18. The van der Waals surface area contributed by atoms with Crippen molar-refractivity contribution in [2.24, 2.45) is 13.0 Å². The average Bonchev–Trinajstić information content (AvgIpc) is 3.66. The number of aromatic nitrogens is 3. The SMILES string of the molecule is Cn1nc(-c2nc(-c3ccc4c(c3)OCO4)cs2)cc1NC(=O)C1CC(=O)N(c2ccccc2)C1. The second kappa shape index (κ2) is 8.55. The fourth-order valence-corrected chi connectivity index (χ4v) is 5.02. The maximum absolute atomic E-state index is 13.0. The van der Waals surface area contributed by atoms with Crippen molar-refractivity contribution in [1.82, 2.24) is 14.8 Å². The lowest BCUT2D eigenvalue weighted by molar-refractivity contribution is -0.122. The summed E-state index contributed by atoms with van der Waals surface area (Å²) in [6, 6.07) is 16.9. The van der Waals surface area contributed by atoms with Crippen LogP contribution in [0.15, 0.2) is 60.0 Å². The van der Waals surface area contributed by atoms with Crippen LogP contribution in [0.1, 0.15) is 6.42 Å². The van der Waals surface area contributed by atoms with Crippen molar-refractivity contribution in [2.75, 3.05) is 23.6 Å². The highest BCUT2D eigenvalue weighted by molar-refractivity contribution is 7.13. The van der Waals surface area contributed by atoms with Gasteiger partial charge in [-0.25, -0.2) is 4.98 Å². The van der Waals surface area contributed by atoms with Crippen LogP contribution in [0.3, 0.4) is 0 Å². The monoisotopic (exact) mass is 487 g/mol. The number of thiazole rings is 1. The van der Waals surface area contributed by atoms with Crippen molar-refractivity contribution in [3.63, 3.8) is 0 Å². The molecule has 4 heterocycles. The number of nitrogens with zero attached hydrogens (tertiary/aromatic N) is 4. The number of rotatable bonds is 5. The second-order valence-electron chi connectivity index (χ2n) is 8.37. The number of fused-ring (bicyclic) bond motifs is 1. The highest BCUT2D eigenvalue weighted by Crippen LogP contribution is 2.37. The third kappa shape index (κ3) is 4.01. The van der Waals surface area contributed by atoms with Gasteiger partial charge in [0.1, 0.15) is 16.5 Å². The molecule has 0 aliphatic carbocycles. The van der Waals surface area contributed by atoms with Crippen molar-refractivity contribution in [1.29, 1.82) is 0 Å². The molecular formula is C25H21N5O4S. The molecule has 0 saturated carbocycles. The number of nitrogens with one attached hydrogen (secondary N) is 1. The molecule has 2 amide bonds. The van der Waals surface area contributed by atoms with Gasteiger partial charge < -0.3 is 19.7 Å². The molecule has 1 N–H and O–H groups in total. The Morgan fingerprint density at radius 2 is 1.91 bits per heavy atom. The van der Waals surface area contributed by atoms with Gasteiger partial charge in [0.05, 0.1) is 11.6 Å². The van der Waals surface area contributed by atoms with Crippen molar-refractivity contribution in [2.45, 2.75) is 6.42 Å². The molecule has 0 spiro atoms. The van der Waals surface area contributed by atoms with Gasteiger partial charge in [-0.05, 0) is 30.3 Å². The summed E-state index contributed by atoms with van der Waals surface area (Å²) in [7, 11) is 1.77. The van der Waals surface area contributed by atoms with Gasteiger partial charge in [-0.1, -0.05) is 18.2 Å². The molecule has 176 valence electrons. The minimum absolute atomic E-state index is 0.0547. The zero-order chi connectivity index (χ0) is 23.9. The van der Waals surface area contributed by atoms with E-state index < -0.39 is 5.92 Å². The Labute approximate surface area is 204 Å². The van der Waals surface area contributed by atoms with Crippen LogP contribution in [0.25, 0.3) is 22.0 Å². The number of carbonyl (C=O) groups excluding carboxylic acids is 2. The van der Waals surface area contributed by atoms with Crippen LogP contribution >= 0.6 is 11.3 Å². The summed E-state index contributed by atoms with van der Waals surface area (Å²) in [6.07, 6.45) is 0.177. The quantitative estimate of drug-likeness (QED) is 0.458. The number of carbonyl (C=O) groups is 2. The summed E-state index contributed by atoms with van der Waals surface area (Å²) in [5, 5.41) is 10.2. The number of hydrogen-bond acceptors (Lipinski definition) is 7. The normalized spacial score (nSPS) is 16.7.